The first kappa shape index (κ1) is 17.8. The van der Waals surface area contributed by atoms with Gasteiger partial charge in [-0.05, 0) is 37.3 Å². The van der Waals surface area contributed by atoms with E-state index in [1.807, 2.05) is 31.2 Å². The molecule has 0 saturated carbocycles. The van der Waals surface area contributed by atoms with Gasteiger partial charge in [0, 0.05) is 17.9 Å². The summed E-state index contributed by atoms with van der Waals surface area (Å²) in [7, 11) is 0. The molecule has 0 unspecified atom stereocenters. The molecule has 1 aromatic heterocycles. The minimum absolute atomic E-state index is 0.0949. The van der Waals surface area contributed by atoms with Crippen LogP contribution in [0.25, 0.3) is 11.0 Å². The van der Waals surface area contributed by atoms with Crippen LogP contribution in [0.4, 0.5) is 16.2 Å². The normalized spacial score (nSPS) is 13.8. The fraction of sp³-hybridized carbons (Fsp3) is 0.250. The van der Waals surface area contributed by atoms with Gasteiger partial charge in [0.2, 0.25) is 5.91 Å². The molecule has 1 aliphatic heterocycles. The minimum Gasteiger partial charge on any atom is -0.447 e. The zero-order valence-electron chi connectivity index (χ0n) is 15.4. The van der Waals surface area contributed by atoms with Crippen LogP contribution in [-0.4, -0.2) is 34.3 Å². The molecule has 2 aromatic carbocycles. The topological polar surface area (TPSA) is 85.6 Å². The standard InChI is InChI=1S/C20H20N4O4/c1-2-22-16-8-3-4-9-17(16)24(19(22)26)13-18(25)21-14-6-5-7-15(12-14)23-10-11-28-20(23)27/h3-9,12H,2,10-11,13H2,1H3,(H,21,25). The molecule has 8 nitrogen and oxygen atoms in total. The third-order valence-electron chi connectivity index (χ3n) is 4.75. The number of amides is 2. The van der Waals surface area contributed by atoms with E-state index in [0.29, 0.717) is 31.1 Å². The fourth-order valence-corrected chi connectivity index (χ4v) is 3.45. The number of aromatic nitrogens is 2. The molecule has 0 radical (unpaired) electrons. The lowest BCUT2D eigenvalue weighted by Crippen LogP contribution is -2.29. The lowest BCUT2D eigenvalue weighted by Gasteiger charge is -2.14. The van der Waals surface area contributed by atoms with E-state index in [2.05, 4.69) is 5.32 Å². The lowest BCUT2D eigenvalue weighted by atomic mass is 10.2. The van der Waals surface area contributed by atoms with E-state index in [-0.39, 0.29) is 18.1 Å². The number of fused-ring (bicyclic) bond motifs is 1. The van der Waals surface area contributed by atoms with Crippen LogP contribution >= 0.6 is 0 Å². The van der Waals surface area contributed by atoms with E-state index in [9.17, 15) is 14.4 Å². The number of benzene rings is 2. The first-order valence-electron chi connectivity index (χ1n) is 9.10. The molecule has 1 N–H and O–H groups in total. The summed E-state index contributed by atoms with van der Waals surface area (Å²) in [4.78, 5) is 38.5. The average molecular weight is 380 g/mol. The summed E-state index contributed by atoms with van der Waals surface area (Å²) >= 11 is 0. The van der Waals surface area contributed by atoms with Crippen molar-refractivity contribution < 1.29 is 14.3 Å². The van der Waals surface area contributed by atoms with Crippen LogP contribution in [0.15, 0.2) is 53.3 Å². The van der Waals surface area contributed by atoms with Gasteiger partial charge in [-0.3, -0.25) is 18.8 Å². The van der Waals surface area contributed by atoms with Gasteiger partial charge in [-0.15, -0.1) is 0 Å². The molecule has 8 heteroatoms. The van der Waals surface area contributed by atoms with Gasteiger partial charge >= 0.3 is 11.8 Å². The number of carbonyl (C=O) groups is 2. The fourth-order valence-electron chi connectivity index (χ4n) is 3.45. The second-order valence-electron chi connectivity index (χ2n) is 6.47. The van der Waals surface area contributed by atoms with Crippen LogP contribution in [0.3, 0.4) is 0 Å². The maximum atomic E-state index is 12.7. The Kier molecular flexibility index (Phi) is 4.60. The van der Waals surface area contributed by atoms with Crippen LogP contribution < -0.4 is 15.9 Å². The van der Waals surface area contributed by atoms with Crippen molar-refractivity contribution in [3.63, 3.8) is 0 Å². The number of hydrogen-bond acceptors (Lipinski definition) is 4. The number of para-hydroxylation sites is 2. The largest absolute Gasteiger partial charge is 0.447 e. The summed E-state index contributed by atoms with van der Waals surface area (Å²) in [6.07, 6.45) is -0.401. The first-order valence-corrected chi connectivity index (χ1v) is 9.10. The van der Waals surface area contributed by atoms with Crippen LogP contribution in [0.2, 0.25) is 0 Å². The molecule has 0 bridgehead atoms. The quantitative estimate of drug-likeness (QED) is 0.737. The molecule has 1 fully saturated rings. The van der Waals surface area contributed by atoms with Crippen LogP contribution in [-0.2, 0) is 22.6 Å². The third-order valence-corrected chi connectivity index (χ3v) is 4.75. The number of cyclic esters (lactones) is 1. The monoisotopic (exact) mass is 380 g/mol. The van der Waals surface area contributed by atoms with E-state index in [1.54, 1.807) is 28.8 Å². The second kappa shape index (κ2) is 7.22. The molecule has 144 valence electrons. The SMILES string of the molecule is CCn1c(=O)n(CC(=O)Nc2cccc(N3CCOC3=O)c2)c2ccccc21. The Morgan fingerprint density at radius 2 is 1.82 bits per heavy atom. The van der Waals surface area contributed by atoms with Crippen LogP contribution in [0.5, 0.6) is 0 Å². The van der Waals surface area contributed by atoms with E-state index in [0.717, 1.165) is 11.0 Å². The number of ether oxygens (including phenoxy) is 1. The molecule has 3 aromatic rings. The number of rotatable bonds is 5. The molecular formula is C20H20N4O4. The second-order valence-corrected chi connectivity index (χ2v) is 6.47. The summed E-state index contributed by atoms with van der Waals surface area (Å²) in [5.74, 6) is -0.317. The number of nitrogens with zero attached hydrogens (tertiary/aromatic N) is 3. The van der Waals surface area contributed by atoms with Crippen molar-refractivity contribution in [2.24, 2.45) is 0 Å². The highest BCUT2D eigenvalue weighted by Gasteiger charge is 2.23. The Morgan fingerprint density at radius 3 is 2.50 bits per heavy atom. The Bertz CT molecular complexity index is 1110. The number of hydrogen-bond donors (Lipinski definition) is 1. The van der Waals surface area contributed by atoms with Gasteiger partial charge in [0.1, 0.15) is 13.2 Å². The highest BCUT2D eigenvalue weighted by Crippen LogP contribution is 2.22. The van der Waals surface area contributed by atoms with Gasteiger partial charge in [-0.25, -0.2) is 9.59 Å². The minimum atomic E-state index is -0.401. The average Bonchev–Trinajstić information content (AvgIpc) is 3.23. The Balaban J connectivity index is 1.56. The summed E-state index contributed by atoms with van der Waals surface area (Å²) in [6, 6.07) is 14.4. The molecule has 2 heterocycles. The third kappa shape index (κ3) is 3.13. The molecule has 4 rings (SSSR count). The van der Waals surface area contributed by atoms with Crippen molar-refractivity contribution in [2.75, 3.05) is 23.4 Å². The summed E-state index contributed by atoms with van der Waals surface area (Å²) in [5.41, 5.74) is 2.51. The van der Waals surface area contributed by atoms with Gasteiger partial charge in [0.25, 0.3) is 0 Å². The zero-order chi connectivity index (χ0) is 19.7. The van der Waals surface area contributed by atoms with Gasteiger partial charge in [-0.2, -0.15) is 0 Å². The Labute approximate surface area is 160 Å². The molecular weight excluding hydrogens is 360 g/mol. The molecule has 28 heavy (non-hydrogen) atoms. The van der Waals surface area contributed by atoms with Crippen LogP contribution in [0, 0.1) is 0 Å². The van der Waals surface area contributed by atoms with Crippen molar-refractivity contribution in [2.45, 2.75) is 20.0 Å². The highest BCUT2D eigenvalue weighted by molar-refractivity contribution is 5.94. The van der Waals surface area contributed by atoms with E-state index >= 15 is 0 Å². The number of carbonyl (C=O) groups excluding carboxylic acids is 2. The van der Waals surface area contributed by atoms with E-state index < -0.39 is 6.09 Å². The van der Waals surface area contributed by atoms with E-state index in [1.165, 1.54) is 9.47 Å². The van der Waals surface area contributed by atoms with Gasteiger partial charge < -0.3 is 10.1 Å². The lowest BCUT2D eigenvalue weighted by molar-refractivity contribution is -0.116. The first-order chi connectivity index (χ1) is 13.6. The summed E-state index contributed by atoms with van der Waals surface area (Å²) in [6.45, 7) is 3.15. The predicted octanol–water partition coefficient (Wildman–Crippen LogP) is 2.42. The molecule has 0 aliphatic carbocycles. The van der Waals surface area contributed by atoms with Crippen LogP contribution in [0.1, 0.15) is 6.92 Å². The Hall–Kier alpha value is -3.55. The zero-order valence-corrected chi connectivity index (χ0v) is 15.4. The maximum absolute atomic E-state index is 12.7. The van der Waals surface area contributed by atoms with Crippen molar-refractivity contribution in [1.29, 1.82) is 0 Å². The van der Waals surface area contributed by atoms with Crippen molar-refractivity contribution in [1.82, 2.24) is 9.13 Å². The van der Waals surface area contributed by atoms with Gasteiger partial charge in [0.15, 0.2) is 0 Å². The molecule has 0 spiro atoms. The summed E-state index contributed by atoms with van der Waals surface area (Å²) in [5, 5.41) is 2.80. The number of imidazole rings is 1. The van der Waals surface area contributed by atoms with Crippen molar-refractivity contribution in [3.8, 4) is 0 Å². The molecule has 2 amide bonds. The van der Waals surface area contributed by atoms with E-state index in [4.69, 9.17) is 4.74 Å². The van der Waals surface area contributed by atoms with Crippen molar-refractivity contribution in [3.05, 3.63) is 59.0 Å². The van der Waals surface area contributed by atoms with Crippen molar-refractivity contribution >= 4 is 34.4 Å². The maximum Gasteiger partial charge on any atom is 0.414 e. The molecule has 1 aliphatic rings. The predicted molar refractivity (Wildman–Crippen MR) is 106 cm³/mol. The molecule has 0 atom stereocenters. The molecule has 1 saturated heterocycles. The van der Waals surface area contributed by atoms with Gasteiger partial charge in [0.05, 0.1) is 17.6 Å². The van der Waals surface area contributed by atoms with Gasteiger partial charge in [-0.1, -0.05) is 18.2 Å². The smallest absolute Gasteiger partial charge is 0.414 e. The number of nitrogens with one attached hydrogen (secondary N) is 1. The summed E-state index contributed by atoms with van der Waals surface area (Å²) < 4.78 is 8.06. The number of aryl methyl sites for hydroxylation is 1. The Morgan fingerprint density at radius 1 is 1.07 bits per heavy atom. The highest BCUT2D eigenvalue weighted by atomic mass is 16.6. The number of anilines is 2.